The van der Waals surface area contributed by atoms with Gasteiger partial charge in [-0.3, -0.25) is 9.97 Å². The molecule has 2 aromatic heterocycles. The molecule has 5 rings (SSSR count). The lowest BCUT2D eigenvalue weighted by molar-refractivity contribution is 0.425. The van der Waals surface area contributed by atoms with E-state index in [0.717, 1.165) is 56.8 Å². The average Bonchev–Trinajstić information content (AvgIpc) is 3.08. The summed E-state index contributed by atoms with van der Waals surface area (Å²) in [5, 5.41) is 1.01. The van der Waals surface area contributed by atoms with Crippen molar-refractivity contribution >= 4 is 14.8 Å². The van der Waals surface area contributed by atoms with Crippen molar-refractivity contribution in [2.75, 3.05) is 0 Å². The van der Waals surface area contributed by atoms with E-state index in [1.54, 1.807) is 6.20 Å². The molecule has 0 spiro atoms. The summed E-state index contributed by atoms with van der Waals surface area (Å²) < 4.78 is 13.3. The van der Waals surface area contributed by atoms with Crippen molar-refractivity contribution in [1.29, 1.82) is 0 Å². The van der Waals surface area contributed by atoms with Gasteiger partial charge in [0.15, 0.2) is 0 Å². The number of rotatable bonds is 9. The maximum absolute atomic E-state index is 6.74. The van der Waals surface area contributed by atoms with E-state index >= 15 is 0 Å². The molecule has 35 heavy (non-hydrogen) atoms. The second-order valence-corrected chi connectivity index (χ2v) is 11.0. The van der Waals surface area contributed by atoms with Crippen LogP contribution in [0.1, 0.15) is 45.4 Å². The van der Waals surface area contributed by atoms with Crippen molar-refractivity contribution in [3.05, 3.63) is 85.2 Å². The van der Waals surface area contributed by atoms with Crippen LogP contribution in [0.25, 0.3) is 33.6 Å². The van der Waals surface area contributed by atoms with Crippen LogP contribution in [0, 0.1) is 0 Å². The number of hydrogen-bond donors (Lipinski definition) is 0. The smallest absolute Gasteiger partial charge is 0.611 e. The van der Waals surface area contributed by atoms with Crippen LogP contribution >= 0.6 is 0 Å². The Morgan fingerprint density at radius 1 is 0.657 bits per heavy atom. The molecule has 0 saturated heterocycles. The van der Waals surface area contributed by atoms with E-state index in [9.17, 15) is 0 Å². The SMILES string of the molecule is CCCCCCC[CH2][Al]1[O]c2ccccc2-c2cccc(-c3ccc(-c4ccccn4)nc3)c2[O]1. The number of unbranched alkanes of at least 4 members (excludes halogenated alkanes) is 5. The van der Waals surface area contributed by atoms with Gasteiger partial charge in [0, 0.05) is 34.6 Å². The lowest BCUT2D eigenvalue weighted by Gasteiger charge is -2.17. The first kappa shape index (κ1) is 23.6. The fourth-order valence-electron chi connectivity index (χ4n) is 4.62. The minimum Gasteiger partial charge on any atom is -0.611 e. The number of aromatic nitrogens is 2. The second kappa shape index (κ2) is 11.5. The van der Waals surface area contributed by atoms with Gasteiger partial charge in [-0.2, -0.15) is 0 Å². The summed E-state index contributed by atoms with van der Waals surface area (Å²) in [6.45, 7) is 2.26. The van der Waals surface area contributed by atoms with Crippen LogP contribution < -0.4 is 7.58 Å². The number of hydrogen-bond acceptors (Lipinski definition) is 4. The van der Waals surface area contributed by atoms with E-state index in [1.165, 1.54) is 32.1 Å². The highest BCUT2D eigenvalue weighted by molar-refractivity contribution is 6.47. The molecular weight excluding hydrogens is 447 g/mol. The highest BCUT2D eigenvalue weighted by Gasteiger charge is 2.36. The molecule has 0 fully saturated rings. The van der Waals surface area contributed by atoms with E-state index in [1.807, 2.05) is 36.5 Å². The Kier molecular flexibility index (Phi) is 7.78. The van der Waals surface area contributed by atoms with Gasteiger partial charge < -0.3 is 7.58 Å². The van der Waals surface area contributed by atoms with Gasteiger partial charge in [0.25, 0.3) is 0 Å². The normalized spacial score (nSPS) is 12.2. The molecule has 5 heteroatoms. The summed E-state index contributed by atoms with van der Waals surface area (Å²) in [6, 6.07) is 24.7. The maximum atomic E-state index is 6.74. The van der Waals surface area contributed by atoms with Gasteiger partial charge >= 0.3 is 14.8 Å². The number of para-hydroxylation sites is 2. The Morgan fingerprint density at radius 2 is 1.43 bits per heavy atom. The Balaban J connectivity index is 1.44. The minimum atomic E-state index is -1.95. The van der Waals surface area contributed by atoms with Crippen molar-refractivity contribution < 1.29 is 7.58 Å². The zero-order valence-electron chi connectivity index (χ0n) is 20.3. The maximum Gasteiger partial charge on any atom is 0.856 e. The molecule has 176 valence electrons. The van der Waals surface area contributed by atoms with E-state index in [-0.39, 0.29) is 0 Å². The number of benzene rings is 2. The minimum absolute atomic E-state index is 0.862. The van der Waals surface area contributed by atoms with Crippen molar-refractivity contribution in [3.8, 4) is 45.1 Å². The summed E-state index contributed by atoms with van der Waals surface area (Å²) >= 11 is -1.95. The third-order valence-corrected chi connectivity index (χ3v) is 8.39. The van der Waals surface area contributed by atoms with Crippen molar-refractivity contribution in [1.82, 2.24) is 9.97 Å². The Labute approximate surface area is 213 Å². The summed E-state index contributed by atoms with van der Waals surface area (Å²) in [7, 11) is 0. The third kappa shape index (κ3) is 5.59. The second-order valence-electron chi connectivity index (χ2n) is 9.05. The van der Waals surface area contributed by atoms with E-state index < -0.39 is 14.8 Å². The molecule has 0 radical (unpaired) electrons. The number of pyridine rings is 2. The van der Waals surface area contributed by atoms with Crippen LogP contribution in [0.15, 0.2) is 85.2 Å². The Hall–Kier alpha value is -3.13. The molecule has 4 aromatic rings. The monoisotopic (exact) mass is 478 g/mol. The molecule has 1 aliphatic rings. The molecule has 0 amide bonds. The van der Waals surface area contributed by atoms with Gasteiger partial charge in [-0.25, -0.2) is 0 Å². The fourth-order valence-corrected chi connectivity index (χ4v) is 6.53. The molecule has 3 heterocycles. The van der Waals surface area contributed by atoms with Gasteiger partial charge in [0.2, 0.25) is 0 Å². The van der Waals surface area contributed by atoms with Gasteiger partial charge in [0.1, 0.15) is 0 Å². The predicted molar refractivity (Wildman–Crippen MR) is 144 cm³/mol. The van der Waals surface area contributed by atoms with Crippen LogP contribution in [0.3, 0.4) is 0 Å². The molecule has 0 aliphatic carbocycles. The lowest BCUT2D eigenvalue weighted by Crippen LogP contribution is -2.29. The van der Waals surface area contributed by atoms with Crippen molar-refractivity contribution in [3.63, 3.8) is 0 Å². The molecule has 1 aliphatic heterocycles. The molecule has 4 nitrogen and oxygen atoms in total. The zero-order chi connectivity index (χ0) is 23.9. The standard InChI is InChI=1S/C22H16N2O2.C8H17.Al/c25-21-10-2-1-6-17(21)18-8-5-7-16(22(18)26)15-11-12-20(24-14-15)19-9-3-4-13-23-19;1-3-5-7-8-6-4-2;/h1-14,25-26H;1,3-8H2,2H3;/q;;+2/p-2. The zero-order valence-corrected chi connectivity index (χ0v) is 21.5. The van der Waals surface area contributed by atoms with E-state index in [2.05, 4.69) is 54.4 Å². The summed E-state index contributed by atoms with van der Waals surface area (Å²) in [6.07, 6.45) is 11.3. The van der Waals surface area contributed by atoms with Crippen molar-refractivity contribution in [2.24, 2.45) is 0 Å². The molecule has 2 aromatic carbocycles. The van der Waals surface area contributed by atoms with Crippen LogP contribution in [0.4, 0.5) is 0 Å². The van der Waals surface area contributed by atoms with E-state index in [4.69, 9.17) is 12.6 Å². The largest absolute Gasteiger partial charge is 0.856 e. The molecular formula is C30H31AlN2O2. The molecule has 0 saturated carbocycles. The molecule has 0 unspecified atom stereocenters. The summed E-state index contributed by atoms with van der Waals surface area (Å²) in [5.41, 5.74) is 6.01. The lowest BCUT2D eigenvalue weighted by atomic mass is 9.97. The first-order valence-electron chi connectivity index (χ1n) is 12.8. The summed E-state index contributed by atoms with van der Waals surface area (Å²) in [4.78, 5) is 9.13. The Morgan fingerprint density at radius 3 is 2.26 bits per heavy atom. The third-order valence-electron chi connectivity index (χ3n) is 6.50. The fraction of sp³-hybridized carbons (Fsp3) is 0.267. The van der Waals surface area contributed by atoms with Gasteiger partial charge in [0.05, 0.1) is 22.9 Å². The molecule has 0 bridgehead atoms. The van der Waals surface area contributed by atoms with Crippen LogP contribution in [0.5, 0.6) is 11.5 Å². The summed E-state index contributed by atoms with van der Waals surface area (Å²) in [5.74, 6) is 1.86. The molecule has 0 atom stereocenters. The number of nitrogens with zero attached hydrogens (tertiary/aromatic N) is 2. The molecule has 0 N–H and O–H groups in total. The van der Waals surface area contributed by atoms with Crippen LogP contribution in [-0.4, -0.2) is 24.8 Å². The quantitative estimate of drug-likeness (QED) is 0.180. The average molecular weight is 479 g/mol. The van der Waals surface area contributed by atoms with Crippen LogP contribution in [0.2, 0.25) is 5.28 Å². The highest BCUT2D eigenvalue weighted by Crippen LogP contribution is 2.45. The van der Waals surface area contributed by atoms with Crippen LogP contribution in [-0.2, 0) is 0 Å². The Bertz CT molecular complexity index is 1240. The topological polar surface area (TPSA) is 44.2 Å². The predicted octanol–water partition coefficient (Wildman–Crippen LogP) is 8.10. The first-order chi connectivity index (χ1) is 17.3. The van der Waals surface area contributed by atoms with Gasteiger partial charge in [-0.1, -0.05) is 94.0 Å². The highest BCUT2D eigenvalue weighted by atomic mass is 27.2. The van der Waals surface area contributed by atoms with Crippen molar-refractivity contribution in [2.45, 2.75) is 50.7 Å². The van der Waals surface area contributed by atoms with Gasteiger partial charge in [-0.15, -0.1) is 0 Å². The van der Waals surface area contributed by atoms with E-state index in [0.29, 0.717) is 0 Å². The number of fused-ring (bicyclic) bond motifs is 3. The first-order valence-corrected chi connectivity index (χ1v) is 14.5. The van der Waals surface area contributed by atoms with Gasteiger partial charge in [-0.05, 0) is 29.5 Å².